The van der Waals surface area contributed by atoms with Gasteiger partial charge < -0.3 is 9.94 Å². The van der Waals surface area contributed by atoms with Gasteiger partial charge in [-0.2, -0.15) is 0 Å². The van der Waals surface area contributed by atoms with Crippen molar-refractivity contribution in [3.05, 3.63) is 11.8 Å². The second kappa shape index (κ2) is 3.84. The third kappa shape index (κ3) is 1.73. The maximum absolute atomic E-state index is 11.2. The molecule has 1 saturated heterocycles. The zero-order valence-corrected chi connectivity index (χ0v) is 8.57. The van der Waals surface area contributed by atoms with Gasteiger partial charge in [0.2, 0.25) is 5.91 Å². The van der Waals surface area contributed by atoms with E-state index in [0.717, 1.165) is 0 Å². The molecule has 2 heterocycles. The highest BCUT2D eigenvalue weighted by Crippen LogP contribution is 2.40. The number of carboxylic acids is 1. The summed E-state index contributed by atoms with van der Waals surface area (Å²) in [6.07, 6.45) is 1.89. The molecular weight excluding hydrogens is 220 g/mol. The van der Waals surface area contributed by atoms with Gasteiger partial charge in [0.15, 0.2) is 0 Å². The van der Waals surface area contributed by atoms with Gasteiger partial charge in [0.05, 0.1) is 23.7 Å². The zero-order valence-electron chi connectivity index (χ0n) is 7.75. The third-order valence-corrected chi connectivity index (χ3v) is 3.63. The van der Waals surface area contributed by atoms with E-state index in [1.165, 1.54) is 22.7 Å². The van der Waals surface area contributed by atoms with Crippen molar-refractivity contribution in [2.75, 3.05) is 6.61 Å². The highest BCUT2D eigenvalue weighted by Gasteiger charge is 2.45. The van der Waals surface area contributed by atoms with Gasteiger partial charge >= 0.3 is 5.97 Å². The van der Waals surface area contributed by atoms with Crippen LogP contribution in [0.3, 0.4) is 0 Å². The lowest BCUT2D eigenvalue weighted by Gasteiger charge is -2.44. The average Bonchev–Trinajstić information content (AvgIpc) is 2.15. The minimum absolute atomic E-state index is 0.0389. The van der Waals surface area contributed by atoms with Crippen LogP contribution in [0.4, 0.5) is 0 Å². The number of amides is 1. The Hall–Kier alpha value is -1.05. The van der Waals surface area contributed by atoms with Gasteiger partial charge in [0, 0.05) is 0 Å². The van der Waals surface area contributed by atoms with Gasteiger partial charge in [-0.05, 0) is 6.08 Å². The van der Waals surface area contributed by atoms with Crippen molar-refractivity contribution in [2.24, 2.45) is 5.90 Å². The van der Waals surface area contributed by atoms with Crippen LogP contribution in [0.2, 0.25) is 0 Å². The number of carbonyl (C=O) groups is 2. The maximum Gasteiger partial charge on any atom is 0.352 e. The molecule has 0 aliphatic carbocycles. The number of carbonyl (C=O) groups excluding carboxylic acids is 1. The standard InChI is InChI=1S/C8H10N2O4S/c9-14-3-4-1-5(8(12)13)10-6(11)2-7(10)15-4/h1,4,7H,2-3,9H2,(H,12,13)/t4?,7-/m1/s1. The maximum atomic E-state index is 11.2. The topological polar surface area (TPSA) is 92.9 Å². The van der Waals surface area contributed by atoms with Crippen molar-refractivity contribution in [1.29, 1.82) is 0 Å². The number of nitrogens with zero attached hydrogens (tertiary/aromatic N) is 1. The van der Waals surface area contributed by atoms with E-state index < -0.39 is 5.97 Å². The molecule has 0 aromatic rings. The number of hydrogen-bond acceptors (Lipinski definition) is 5. The zero-order chi connectivity index (χ0) is 11.0. The molecule has 0 radical (unpaired) electrons. The number of aliphatic carboxylic acids is 1. The number of carboxylic acid groups (broad SMARTS) is 1. The lowest BCUT2D eigenvalue weighted by molar-refractivity contribution is -0.146. The summed E-state index contributed by atoms with van der Waals surface area (Å²) >= 11 is 1.49. The SMILES string of the molecule is NOCC1C=C(C(=O)O)N2C(=O)C[C@H]2S1. The van der Waals surface area contributed by atoms with Crippen molar-refractivity contribution < 1.29 is 19.5 Å². The van der Waals surface area contributed by atoms with Gasteiger partial charge in [0.25, 0.3) is 0 Å². The van der Waals surface area contributed by atoms with Crippen LogP contribution in [0.5, 0.6) is 0 Å². The monoisotopic (exact) mass is 230 g/mol. The van der Waals surface area contributed by atoms with E-state index >= 15 is 0 Å². The largest absolute Gasteiger partial charge is 0.477 e. The summed E-state index contributed by atoms with van der Waals surface area (Å²) in [6.45, 7) is 0.250. The molecule has 0 aromatic carbocycles. The quantitative estimate of drug-likeness (QED) is 0.502. The molecule has 15 heavy (non-hydrogen) atoms. The van der Waals surface area contributed by atoms with Crippen LogP contribution in [-0.4, -0.2) is 39.1 Å². The molecule has 1 fully saturated rings. The van der Waals surface area contributed by atoms with Gasteiger partial charge in [-0.3, -0.25) is 9.69 Å². The minimum atomic E-state index is -1.09. The summed E-state index contributed by atoms with van der Waals surface area (Å²) in [5, 5.41) is 8.74. The second-order valence-corrected chi connectivity index (χ2v) is 4.71. The van der Waals surface area contributed by atoms with Crippen molar-refractivity contribution in [3.63, 3.8) is 0 Å². The molecule has 6 nitrogen and oxygen atoms in total. The molecule has 1 amide bonds. The Morgan fingerprint density at radius 1 is 1.80 bits per heavy atom. The summed E-state index contributed by atoms with van der Waals surface area (Å²) in [4.78, 5) is 27.9. The first-order valence-electron chi connectivity index (χ1n) is 4.38. The molecule has 82 valence electrons. The second-order valence-electron chi connectivity index (χ2n) is 3.29. The van der Waals surface area contributed by atoms with Crippen LogP contribution >= 0.6 is 11.8 Å². The molecule has 3 N–H and O–H groups in total. The smallest absolute Gasteiger partial charge is 0.352 e. The van der Waals surface area contributed by atoms with Crippen molar-refractivity contribution in [1.82, 2.24) is 4.90 Å². The summed E-state index contributed by atoms with van der Waals surface area (Å²) in [6, 6.07) is 0. The number of hydrogen-bond donors (Lipinski definition) is 2. The molecule has 2 atom stereocenters. The van der Waals surface area contributed by atoms with Crippen molar-refractivity contribution in [2.45, 2.75) is 17.0 Å². The Bertz CT molecular complexity index is 344. The Labute approximate surface area is 90.0 Å². The van der Waals surface area contributed by atoms with E-state index in [9.17, 15) is 9.59 Å². The predicted molar refractivity (Wildman–Crippen MR) is 52.5 cm³/mol. The first kappa shape index (κ1) is 10.5. The fraction of sp³-hybridized carbons (Fsp3) is 0.500. The normalized spacial score (nSPS) is 29.3. The minimum Gasteiger partial charge on any atom is -0.477 e. The molecule has 1 unspecified atom stereocenters. The Kier molecular flexibility index (Phi) is 2.68. The average molecular weight is 230 g/mol. The number of nitrogens with two attached hydrogens (primary N) is 1. The van der Waals surface area contributed by atoms with E-state index in [1.54, 1.807) is 0 Å². The summed E-state index contributed by atoms with van der Waals surface area (Å²) in [7, 11) is 0. The van der Waals surface area contributed by atoms with E-state index in [0.29, 0.717) is 6.42 Å². The summed E-state index contributed by atoms with van der Waals surface area (Å²) in [5.41, 5.74) is 0.0389. The van der Waals surface area contributed by atoms with E-state index in [4.69, 9.17) is 11.0 Å². The van der Waals surface area contributed by atoms with Crippen LogP contribution in [0.15, 0.2) is 11.8 Å². The highest BCUT2D eigenvalue weighted by atomic mass is 32.2. The van der Waals surface area contributed by atoms with Crippen LogP contribution in [0.1, 0.15) is 6.42 Å². The predicted octanol–water partition coefficient (Wildman–Crippen LogP) is -0.481. The van der Waals surface area contributed by atoms with Crippen molar-refractivity contribution >= 4 is 23.6 Å². The van der Waals surface area contributed by atoms with Crippen LogP contribution in [0, 0.1) is 0 Å². The van der Waals surface area contributed by atoms with Crippen LogP contribution in [0.25, 0.3) is 0 Å². The number of β-lactam (4-membered cyclic amide) rings is 1. The fourth-order valence-electron chi connectivity index (χ4n) is 1.64. The molecule has 2 aliphatic rings. The number of thioether (sulfide) groups is 1. The first-order valence-corrected chi connectivity index (χ1v) is 5.32. The molecule has 0 bridgehead atoms. The summed E-state index contributed by atoms with van der Waals surface area (Å²) in [5.74, 6) is 3.70. The Balaban J connectivity index is 2.21. The third-order valence-electron chi connectivity index (χ3n) is 2.32. The van der Waals surface area contributed by atoms with Gasteiger partial charge in [-0.25, -0.2) is 10.7 Å². The molecule has 7 heteroatoms. The fourth-order valence-corrected chi connectivity index (χ4v) is 3.00. The molecule has 2 rings (SSSR count). The van der Waals surface area contributed by atoms with Crippen LogP contribution in [-0.2, 0) is 14.4 Å². The van der Waals surface area contributed by atoms with E-state index in [-0.39, 0.29) is 28.8 Å². The number of rotatable bonds is 3. The van der Waals surface area contributed by atoms with Crippen molar-refractivity contribution in [3.8, 4) is 0 Å². The van der Waals surface area contributed by atoms with Gasteiger partial charge in [-0.15, -0.1) is 11.8 Å². The molecular formula is C8H10N2O4S. The molecule has 0 aromatic heterocycles. The van der Waals surface area contributed by atoms with Gasteiger partial charge in [-0.1, -0.05) is 0 Å². The highest BCUT2D eigenvalue weighted by molar-refractivity contribution is 8.00. The Morgan fingerprint density at radius 3 is 3.07 bits per heavy atom. The first-order chi connectivity index (χ1) is 7.13. The van der Waals surface area contributed by atoms with Gasteiger partial charge in [0.1, 0.15) is 5.70 Å². The number of fused-ring (bicyclic) bond motifs is 1. The molecule has 0 spiro atoms. The Morgan fingerprint density at radius 2 is 2.53 bits per heavy atom. The molecule has 0 saturated carbocycles. The lowest BCUT2D eigenvalue weighted by atomic mass is 10.1. The summed E-state index contributed by atoms with van der Waals surface area (Å²) < 4.78 is 0. The van der Waals surface area contributed by atoms with Crippen LogP contribution < -0.4 is 5.90 Å². The van der Waals surface area contributed by atoms with E-state index in [1.807, 2.05) is 0 Å². The lowest BCUT2D eigenvalue weighted by Crippen LogP contribution is -2.54. The van der Waals surface area contributed by atoms with E-state index in [2.05, 4.69) is 4.84 Å². The molecule has 2 aliphatic heterocycles.